The normalized spacial score (nSPS) is 16.4. The summed E-state index contributed by atoms with van der Waals surface area (Å²) in [4.78, 5) is 0. The second-order valence-electron chi connectivity index (χ2n) is 3.83. The molecule has 0 saturated heterocycles. The molecule has 12 heavy (non-hydrogen) atoms. The Morgan fingerprint density at radius 2 is 2.17 bits per heavy atom. The summed E-state index contributed by atoms with van der Waals surface area (Å²) in [5.41, 5.74) is 9.45. The number of nitrogen functional groups attached to an aromatic ring is 1. The highest BCUT2D eigenvalue weighted by Gasteiger charge is 2.21. The summed E-state index contributed by atoms with van der Waals surface area (Å²) in [6, 6.07) is 6.21. The number of rotatable bonds is 2. The van der Waals surface area contributed by atoms with Crippen LogP contribution in [0.2, 0.25) is 0 Å². The van der Waals surface area contributed by atoms with Gasteiger partial charge in [-0.25, -0.2) is 0 Å². The molecule has 64 valence electrons. The Labute approximate surface area is 73.6 Å². The molecule has 0 atom stereocenters. The van der Waals surface area contributed by atoms with Gasteiger partial charge in [0.2, 0.25) is 0 Å². The number of hydrogen-bond acceptors (Lipinski definition) is 1. The van der Waals surface area contributed by atoms with Crippen molar-refractivity contribution in [3.8, 4) is 0 Å². The fourth-order valence-corrected chi connectivity index (χ4v) is 1.54. The predicted molar refractivity (Wildman–Crippen MR) is 52.0 cm³/mol. The Kier molecular flexibility index (Phi) is 1.80. The monoisotopic (exact) mass is 161 g/mol. The van der Waals surface area contributed by atoms with E-state index in [1.807, 2.05) is 6.07 Å². The van der Waals surface area contributed by atoms with Crippen molar-refractivity contribution < 1.29 is 0 Å². The van der Waals surface area contributed by atoms with Gasteiger partial charge in [0.1, 0.15) is 0 Å². The van der Waals surface area contributed by atoms with Crippen molar-refractivity contribution in [2.75, 3.05) is 5.73 Å². The van der Waals surface area contributed by atoms with Crippen LogP contribution in [-0.4, -0.2) is 0 Å². The van der Waals surface area contributed by atoms with Crippen LogP contribution in [0.5, 0.6) is 0 Å². The first kappa shape index (κ1) is 7.66. The predicted octanol–water partition coefficient (Wildman–Crippen LogP) is 2.53. The molecule has 0 aliphatic heterocycles. The minimum Gasteiger partial charge on any atom is -0.399 e. The third kappa shape index (κ3) is 1.60. The zero-order valence-corrected chi connectivity index (χ0v) is 7.51. The zero-order valence-electron chi connectivity index (χ0n) is 7.51. The molecule has 0 spiro atoms. The highest BCUT2D eigenvalue weighted by atomic mass is 14.5. The van der Waals surface area contributed by atoms with Crippen LogP contribution in [0.25, 0.3) is 0 Å². The Balaban J connectivity index is 2.21. The molecule has 1 heteroatoms. The van der Waals surface area contributed by atoms with Crippen LogP contribution in [0.3, 0.4) is 0 Å². The first-order valence-electron chi connectivity index (χ1n) is 4.61. The van der Waals surface area contributed by atoms with Gasteiger partial charge in [0.25, 0.3) is 0 Å². The van der Waals surface area contributed by atoms with Gasteiger partial charge >= 0.3 is 0 Å². The smallest absolute Gasteiger partial charge is 0.0316 e. The number of nitrogens with two attached hydrogens (primary N) is 1. The molecule has 2 N–H and O–H groups in total. The maximum atomic E-state index is 5.72. The van der Waals surface area contributed by atoms with Crippen molar-refractivity contribution in [3.63, 3.8) is 0 Å². The lowest BCUT2D eigenvalue weighted by Crippen LogP contribution is -1.94. The molecule has 0 unspecified atom stereocenters. The summed E-state index contributed by atoms with van der Waals surface area (Å²) in [7, 11) is 0. The van der Waals surface area contributed by atoms with E-state index in [0.29, 0.717) is 0 Å². The van der Waals surface area contributed by atoms with Gasteiger partial charge in [0, 0.05) is 5.69 Å². The average molecular weight is 161 g/mol. The van der Waals surface area contributed by atoms with E-state index >= 15 is 0 Å². The summed E-state index contributed by atoms with van der Waals surface area (Å²) in [6.45, 7) is 2.16. The first-order valence-corrected chi connectivity index (χ1v) is 4.61. The summed E-state index contributed by atoms with van der Waals surface area (Å²) >= 11 is 0. The van der Waals surface area contributed by atoms with E-state index in [2.05, 4.69) is 19.1 Å². The van der Waals surface area contributed by atoms with Gasteiger partial charge in [0.05, 0.1) is 0 Å². The number of anilines is 1. The molecule has 1 saturated carbocycles. The van der Waals surface area contributed by atoms with Crippen molar-refractivity contribution >= 4 is 5.69 Å². The molecule has 1 aliphatic carbocycles. The van der Waals surface area contributed by atoms with Crippen molar-refractivity contribution in [3.05, 3.63) is 29.3 Å². The lowest BCUT2D eigenvalue weighted by molar-refractivity contribution is 0.827. The number of benzene rings is 1. The van der Waals surface area contributed by atoms with Crippen LogP contribution in [0.15, 0.2) is 18.2 Å². The van der Waals surface area contributed by atoms with Crippen molar-refractivity contribution in [2.24, 2.45) is 5.92 Å². The zero-order chi connectivity index (χ0) is 8.55. The standard InChI is InChI=1S/C11H15N/c1-8-2-5-11(12)7-10(8)6-9-3-4-9/h2,5,7,9H,3-4,6,12H2,1H3. The summed E-state index contributed by atoms with van der Waals surface area (Å²) in [5, 5.41) is 0. The van der Waals surface area contributed by atoms with E-state index in [1.54, 1.807) is 0 Å². The van der Waals surface area contributed by atoms with E-state index in [9.17, 15) is 0 Å². The van der Waals surface area contributed by atoms with Gasteiger partial charge in [-0.05, 0) is 55.4 Å². The van der Waals surface area contributed by atoms with Gasteiger partial charge in [0.15, 0.2) is 0 Å². The first-order chi connectivity index (χ1) is 5.75. The molecule has 1 nitrogen and oxygen atoms in total. The van der Waals surface area contributed by atoms with E-state index in [4.69, 9.17) is 5.73 Å². The topological polar surface area (TPSA) is 26.0 Å². The van der Waals surface area contributed by atoms with Gasteiger partial charge < -0.3 is 5.73 Å². The highest BCUT2D eigenvalue weighted by molar-refractivity contribution is 5.44. The van der Waals surface area contributed by atoms with Crippen LogP contribution < -0.4 is 5.73 Å². The van der Waals surface area contributed by atoms with Crippen molar-refractivity contribution in [1.82, 2.24) is 0 Å². The number of aryl methyl sites for hydroxylation is 1. The van der Waals surface area contributed by atoms with Crippen LogP contribution in [0.4, 0.5) is 5.69 Å². The second kappa shape index (κ2) is 2.81. The molecule has 1 aromatic rings. The van der Waals surface area contributed by atoms with Crippen LogP contribution in [-0.2, 0) is 6.42 Å². The Morgan fingerprint density at radius 3 is 2.83 bits per heavy atom. The van der Waals surface area contributed by atoms with Crippen LogP contribution >= 0.6 is 0 Å². The molecule has 0 aromatic heterocycles. The third-order valence-corrected chi connectivity index (χ3v) is 2.58. The largest absolute Gasteiger partial charge is 0.399 e. The van der Waals surface area contributed by atoms with Gasteiger partial charge in [-0.3, -0.25) is 0 Å². The second-order valence-corrected chi connectivity index (χ2v) is 3.83. The van der Waals surface area contributed by atoms with Crippen LogP contribution in [0.1, 0.15) is 24.0 Å². The van der Waals surface area contributed by atoms with E-state index in [0.717, 1.165) is 11.6 Å². The minimum absolute atomic E-state index is 0.899. The molecule has 1 aromatic carbocycles. The van der Waals surface area contributed by atoms with E-state index < -0.39 is 0 Å². The molecular formula is C11H15N. The summed E-state index contributed by atoms with van der Waals surface area (Å²) in [6.07, 6.45) is 4.05. The van der Waals surface area contributed by atoms with Crippen molar-refractivity contribution in [1.29, 1.82) is 0 Å². The lowest BCUT2D eigenvalue weighted by atomic mass is 10.0. The maximum Gasteiger partial charge on any atom is 0.0316 e. The van der Waals surface area contributed by atoms with Crippen molar-refractivity contribution in [2.45, 2.75) is 26.2 Å². The molecule has 0 heterocycles. The molecular weight excluding hydrogens is 146 g/mol. The lowest BCUT2D eigenvalue weighted by Gasteiger charge is -2.05. The molecule has 2 rings (SSSR count). The minimum atomic E-state index is 0.899. The van der Waals surface area contributed by atoms with E-state index in [1.165, 1.54) is 30.4 Å². The SMILES string of the molecule is Cc1ccc(N)cc1CC1CC1. The third-order valence-electron chi connectivity index (χ3n) is 2.58. The van der Waals surface area contributed by atoms with Gasteiger partial charge in [-0.1, -0.05) is 6.07 Å². The fourth-order valence-electron chi connectivity index (χ4n) is 1.54. The highest BCUT2D eigenvalue weighted by Crippen LogP contribution is 2.33. The summed E-state index contributed by atoms with van der Waals surface area (Å²) < 4.78 is 0. The van der Waals surface area contributed by atoms with Gasteiger partial charge in [-0.15, -0.1) is 0 Å². The average Bonchev–Trinajstić information content (AvgIpc) is 2.81. The van der Waals surface area contributed by atoms with Crippen LogP contribution in [0, 0.1) is 12.8 Å². The Morgan fingerprint density at radius 1 is 1.42 bits per heavy atom. The Bertz CT molecular complexity index is 287. The van der Waals surface area contributed by atoms with Gasteiger partial charge in [-0.2, -0.15) is 0 Å². The number of hydrogen-bond donors (Lipinski definition) is 1. The summed E-state index contributed by atoms with van der Waals surface area (Å²) in [5.74, 6) is 0.950. The van der Waals surface area contributed by atoms with E-state index in [-0.39, 0.29) is 0 Å². The fraction of sp³-hybridized carbons (Fsp3) is 0.455. The molecule has 1 fully saturated rings. The molecule has 0 radical (unpaired) electrons. The Hall–Kier alpha value is -0.980. The molecule has 0 bridgehead atoms. The maximum absolute atomic E-state index is 5.72. The molecule has 1 aliphatic rings. The molecule has 0 amide bonds. The quantitative estimate of drug-likeness (QED) is 0.663.